The molecule has 1 fully saturated rings. The average Bonchev–Trinajstić information content (AvgIpc) is 3.49. The Bertz CT molecular complexity index is 1010. The molecular formula is C24H29N3O5S. The molecule has 1 aromatic rings. The number of esters is 1. The summed E-state index contributed by atoms with van der Waals surface area (Å²) in [5.74, 6) is 0.293. The van der Waals surface area contributed by atoms with Crippen LogP contribution < -0.4 is 4.74 Å². The van der Waals surface area contributed by atoms with Crippen molar-refractivity contribution in [2.45, 2.75) is 32.2 Å². The topological polar surface area (TPSA) is 80.7 Å². The summed E-state index contributed by atoms with van der Waals surface area (Å²) in [7, 11) is 3.17. The number of ether oxygens (including phenoxy) is 3. The van der Waals surface area contributed by atoms with Gasteiger partial charge in [0.05, 0.1) is 37.4 Å². The summed E-state index contributed by atoms with van der Waals surface area (Å²) in [6.07, 6.45) is 2.33. The lowest BCUT2D eigenvalue weighted by molar-refractivity contribution is -0.141. The van der Waals surface area contributed by atoms with Crippen LogP contribution in [0.2, 0.25) is 0 Å². The first-order valence-electron chi connectivity index (χ1n) is 11.1. The second-order valence-electron chi connectivity index (χ2n) is 8.03. The molecule has 0 aromatic heterocycles. The molecule has 3 aliphatic heterocycles. The van der Waals surface area contributed by atoms with Gasteiger partial charge in [0.25, 0.3) is 0 Å². The molecule has 1 aromatic carbocycles. The molecule has 0 saturated carbocycles. The van der Waals surface area contributed by atoms with Crippen molar-refractivity contribution in [1.82, 2.24) is 9.80 Å². The van der Waals surface area contributed by atoms with Crippen LogP contribution in [0, 0.1) is 0 Å². The van der Waals surface area contributed by atoms with Gasteiger partial charge in [-0.15, -0.1) is 0 Å². The normalized spacial score (nSPS) is 19.9. The summed E-state index contributed by atoms with van der Waals surface area (Å²) in [6.45, 7) is 3.86. The van der Waals surface area contributed by atoms with Gasteiger partial charge in [0.1, 0.15) is 12.4 Å². The van der Waals surface area contributed by atoms with E-state index in [4.69, 9.17) is 19.2 Å². The van der Waals surface area contributed by atoms with E-state index in [0.29, 0.717) is 23.6 Å². The van der Waals surface area contributed by atoms with E-state index in [0.717, 1.165) is 42.4 Å². The maximum Gasteiger partial charge on any atom is 0.338 e. The van der Waals surface area contributed by atoms with Gasteiger partial charge in [0.2, 0.25) is 5.91 Å². The molecule has 176 valence electrons. The number of carbonyl (C=O) groups excluding carboxylic acids is 2. The molecule has 0 bridgehead atoms. The fraction of sp³-hybridized carbons (Fsp3) is 0.458. The van der Waals surface area contributed by atoms with E-state index in [-0.39, 0.29) is 18.9 Å². The van der Waals surface area contributed by atoms with Gasteiger partial charge in [-0.3, -0.25) is 4.79 Å². The molecule has 9 heteroatoms. The molecule has 33 heavy (non-hydrogen) atoms. The van der Waals surface area contributed by atoms with Crippen LogP contribution in [0.3, 0.4) is 0 Å². The van der Waals surface area contributed by atoms with Gasteiger partial charge in [0.15, 0.2) is 5.17 Å². The van der Waals surface area contributed by atoms with E-state index in [1.807, 2.05) is 46.4 Å². The standard InChI is InChI=1S/C24H29N3O5S/c1-16-21(23(29)32-13-12-30-2)22(18-8-4-5-9-19(18)31-3)27-17(15-33-24(27)25-16)14-20(28)26-10-6-7-11-26/h4-5,8-9,15,22H,6-7,10-14H2,1-3H3. The SMILES string of the molecule is COCCOC(=O)C1=C(C)N=C2SC=C(CC(=O)N3CCCC3)N2C1c1ccccc1OC. The fourth-order valence-corrected chi connectivity index (χ4v) is 5.31. The third-order valence-corrected chi connectivity index (χ3v) is 6.85. The Morgan fingerprint density at radius 1 is 1.15 bits per heavy atom. The number of aliphatic imine (C=N–C) groups is 1. The first kappa shape index (κ1) is 23.4. The number of likely N-dealkylation sites (tertiary alicyclic amines) is 1. The highest BCUT2D eigenvalue weighted by Crippen LogP contribution is 2.47. The molecule has 0 aliphatic carbocycles. The zero-order valence-electron chi connectivity index (χ0n) is 19.2. The van der Waals surface area contributed by atoms with Gasteiger partial charge in [-0.1, -0.05) is 30.0 Å². The third kappa shape index (κ3) is 4.79. The van der Waals surface area contributed by atoms with Crippen molar-refractivity contribution >= 4 is 28.8 Å². The quantitative estimate of drug-likeness (QED) is 0.424. The van der Waals surface area contributed by atoms with Crippen LogP contribution in [0.5, 0.6) is 5.75 Å². The number of amides is 1. The summed E-state index contributed by atoms with van der Waals surface area (Å²) in [5, 5.41) is 2.70. The molecule has 8 nitrogen and oxygen atoms in total. The van der Waals surface area contributed by atoms with E-state index in [1.54, 1.807) is 14.2 Å². The largest absolute Gasteiger partial charge is 0.496 e. The number of para-hydroxylation sites is 1. The van der Waals surface area contributed by atoms with Gasteiger partial charge in [-0.2, -0.15) is 0 Å². The van der Waals surface area contributed by atoms with E-state index < -0.39 is 12.0 Å². The number of thioether (sulfide) groups is 1. The Hall–Kier alpha value is -2.78. The van der Waals surface area contributed by atoms with Gasteiger partial charge in [0, 0.05) is 31.5 Å². The number of hydrogen-bond donors (Lipinski definition) is 0. The molecule has 1 amide bonds. The van der Waals surface area contributed by atoms with Crippen molar-refractivity contribution in [2.24, 2.45) is 4.99 Å². The number of amidine groups is 1. The van der Waals surface area contributed by atoms with Crippen molar-refractivity contribution < 1.29 is 23.8 Å². The van der Waals surface area contributed by atoms with Crippen molar-refractivity contribution in [1.29, 1.82) is 0 Å². The van der Waals surface area contributed by atoms with Crippen LogP contribution in [-0.2, 0) is 19.1 Å². The van der Waals surface area contributed by atoms with Gasteiger partial charge in [-0.25, -0.2) is 9.79 Å². The van der Waals surface area contributed by atoms with Crippen LogP contribution in [0.25, 0.3) is 0 Å². The molecule has 0 radical (unpaired) electrons. The Labute approximate surface area is 198 Å². The summed E-state index contributed by atoms with van der Waals surface area (Å²) in [6, 6.07) is 7.09. The molecule has 3 aliphatic rings. The Morgan fingerprint density at radius 3 is 2.64 bits per heavy atom. The van der Waals surface area contributed by atoms with E-state index in [1.165, 1.54) is 11.8 Å². The predicted molar refractivity (Wildman–Crippen MR) is 127 cm³/mol. The van der Waals surface area contributed by atoms with Gasteiger partial charge >= 0.3 is 5.97 Å². The Kier molecular flexibility index (Phi) is 7.39. The van der Waals surface area contributed by atoms with Crippen molar-refractivity contribution in [3.05, 3.63) is 52.2 Å². The molecule has 0 N–H and O–H groups in total. The molecule has 3 heterocycles. The summed E-state index contributed by atoms with van der Waals surface area (Å²) >= 11 is 1.47. The molecular weight excluding hydrogens is 442 g/mol. The van der Waals surface area contributed by atoms with Crippen LogP contribution in [-0.4, -0.2) is 67.4 Å². The second-order valence-corrected chi connectivity index (χ2v) is 8.86. The summed E-state index contributed by atoms with van der Waals surface area (Å²) in [4.78, 5) is 34.8. The van der Waals surface area contributed by atoms with E-state index in [2.05, 4.69) is 0 Å². The van der Waals surface area contributed by atoms with Crippen molar-refractivity contribution in [3.8, 4) is 5.75 Å². The minimum atomic E-state index is -0.517. The van der Waals surface area contributed by atoms with Crippen LogP contribution in [0.1, 0.15) is 37.8 Å². The minimum absolute atomic E-state index is 0.0925. The van der Waals surface area contributed by atoms with Crippen molar-refractivity contribution in [3.63, 3.8) is 0 Å². The first-order chi connectivity index (χ1) is 16.0. The number of hydrogen-bond acceptors (Lipinski definition) is 8. The van der Waals surface area contributed by atoms with E-state index >= 15 is 0 Å². The number of allylic oxidation sites excluding steroid dienone is 1. The number of benzene rings is 1. The molecule has 1 atom stereocenters. The maximum atomic E-state index is 13.2. The number of methoxy groups -OCH3 is 2. The predicted octanol–water partition coefficient (Wildman–Crippen LogP) is 3.47. The average molecular weight is 472 g/mol. The van der Waals surface area contributed by atoms with Crippen LogP contribution >= 0.6 is 11.8 Å². The van der Waals surface area contributed by atoms with Gasteiger partial charge < -0.3 is 24.0 Å². The lowest BCUT2D eigenvalue weighted by atomic mass is 9.93. The smallest absolute Gasteiger partial charge is 0.338 e. The fourth-order valence-electron chi connectivity index (χ4n) is 4.35. The number of rotatable bonds is 8. The highest BCUT2D eigenvalue weighted by molar-refractivity contribution is 8.16. The zero-order valence-corrected chi connectivity index (χ0v) is 20.0. The van der Waals surface area contributed by atoms with Crippen molar-refractivity contribution in [2.75, 3.05) is 40.5 Å². The molecule has 0 spiro atoms. The van der Waals surface area contributed by atoms with Gasteiger partial charge in [-0.05, 0) is 31.2 Å². The monoisotopic (exact) mass is 471 g/mol. The lowest BCUT2D eigenvalue weighted by Crippen LogP contribution is -2.38. The Morgan fingerprint density at radius 2 is 1.91 bits per heavy atom. The number of fused-ring (bicyclic) bond motifs is 1. The lowest BCUT2D eigenvalue weighted by Gasteiger charge is -2.37. The highest BCUT2D eigenvalue weighted by atomic mass is 32.2. The van der Waals surface area contributed by atoms with Crippen LogP contribution in [0.15, 0.2) is 51.6 Å². The molecule has 1 saturated heterocycles. The molecule has 4 rings (SSSR count). The molecule has 1 unspecified atom stereocenters. The Balaban J connectivity index is 1.71. The number of carbonyl (C=O) groups is 2. The number of nitrogens with zero attached hydrogens (tertiary/aromatic N) is 3. The summed E-state index contributed by atoms with van der Waals surface area (Å²) < 4.78 is 16.2. The minimum Gasteiger partial charge on any atom is -0.496 e. The van der Waals surface area contributed by atoms with Crippen LogP contribution in [0.4, 0.5) is 0 Å². The van der Waals surface area contributed by atoms with E-state index in [9.17, 15) is 9.59 Å². The highest BCUT2D eigenvalue weighted by Gasteiger charge is 2.42. The maximum absolute atomic E-state index is 13.2. The first-order valence-corrected chi connectivity index (χ1v) is 11.9. The second kappa shape index (κ2) is 10.4. The zero-order chi connectivity index (χ0) is 23.4. The third-order valence-electron chi connectivity index (χ3n) is 5.97. The summed E-state index contributed by atoms with van der Waals surface area (Å²) in [5.41, 5.74) is 2.66.